The van der Waals surface area contributed by atoms with E-state index in [1.807, 2.05) is 31.2 Å². The number of nitrogens with one attached hydrogen (secondary N) is 1. The molecule has 0 aliphatic carbocycles. The predicted octanol–water partition coefficient (Wildman–Crippen LogP) is 2.47. The van der Waals surface area contributed by atoms with Crippen molar-refractivity contribution in [3.8, 4) is 5.75 Å². The van der Waals surface area contributed by atoms with E-state index in [0.717, 1.165) is 12.2 Å². The highest BCUT2D eigenvalue weighted by molar-refractivity contribution is 5.78. The molecule has 2 unspecified atom stereocenters. The maximum Gasteiger partial charge on any atom is 0.323 e. The third kappa shape index (κ3) is 4.24. The van der Waals surface area contributed by atoms with Crippen molar-refractivity contribution in [1.82, 2.24) is 5.32 Å². The van der Waals surface area contributed by atoms with Crippen LogP contribution in [0.1, 0.15) is 32.8 Å². The van der Waals surface area contributed by atoms with Gasteiger partial charge in [-0.3, -0.25) is 4.79 Å². The van der Waals surface area contributed by atoms with Crippen LogP contribution in [0.3, 0.4) is 0 Å². The van der Waals surface area contributed by atoms with E-state index in [4.69, 9.17) is 4.74 Å². The lowest BCUT2D eigenvalue weighted by molar-refractivity contribution is -0.145. The molecule has 1 aromatic rings. The van der Waals surface area contributed by atoms with Crippen molar-refractivity contribution >= 4 is 5.97 Å². The Kier molecular flexibility index (Phi) is 5.36. The Morgan fingerprint density at radius 3 is 2.74 bits per heavy atom. The number of hydrogen-bond acceptors (Lipinski definition) is 3. The molecule has 0 spiro atoms. The van der Waals surface area contributed by atoms with E-state index in [0.29, 0.717) is 6.42 Å². The third-order valence-corrected chi connectivity index (χ3v) is 3.36. The van der Waals surface area contributed by atoms with E-state index in [2.05, 4.69) is 12.2 Å². The van der Waals surface area contributed by atoms with Crippen LogP contribution in [0.4, 0.5) is 0 Å². The number of carboxylic acid groups (broad SMARTS) is 1. The summed E-state index contributed by atoms with van der Waals surface area (Å²) in [5.41, 5.74) is 0.237. The molecule has 0 aliphatic heterocycles. The van der Waals surface area contributed by atoms with E-state index in [1.54, 1.807) is 14.0 Å². The summed E-state index contributed by atoms with van der Waals surface area (Å²) in [7, 11) is 1.65. The molecular weight excluding hydrogens is 242 g/mol. The van der Waals surface area contributed by atoms with Crippen LogP contribution in [-0.2, 0) is 11.2 Å². The molecule has 4 nitrogen and oxygen atoms in total. The molecule has 0 fully saturated rings. The fraction of sp³-hybridized carbons (Fsp3) is 0.533. The summed E-state index contributed by atoms with van der Waals surface area (Å²) in [5.74, 6) is -0.0801. The van der Waals surface area contributed by atoms with Crippen molar-refractivity contribution in [1.29, 1.82) is 0 Å². The molecule has 4 heteroatoms. The summed E-state index contributed by atoms with van der Waals surface area (Å²) in [6.45, 7) is 5.64. The summed E-state index contributed by atoms with van der Waals surface area (Å²) in [6, 6.07) is 7.89. The Morgan fingerprint density at radius 2 is 2.21 bits per heavy atom. The molecule has 1 aromatic carbocycles. The normalized spacial score (nSPS) is 15.6. The van der Waals surface area contributed by atoms with Crippen molar-refractivity contribution in [2.24, 2.45) is 0 Å². The van der Waals surface area contributed by atoms with Gasteiger partial charge in [0.2, 0.25) is 0 Å². The fourth-order valence-corrected chi connectivity index (χ4v) is 1.98. The monoisotopic (exact) mass is 265 g/mol. The lowest BCUT2D eigenvalue weighted by atomic mass is 9.95. The van der Waals surface area contributed by atoms with Crippen molar-refractivity contribution < 1.29 is 14.6 Å². The van der Waals surface area contributed by atoms with Crippen LogP contribution in [0.25, 0.3) is 0 Å². The Labute approximate surface area is 114 Å². The first-order valence-electron chi connectivity index (χ1n) is 6.59. The molecule has 0 saturated carbocycles. The zero-order valence-corrected chi connectivity index (χ0v) is 12.1. The zero-order chi connectivity index (χ0) is 14.5. The first-order chi connectivity index (χ1) is 8.91. The molecule has 1 rings (SSSR count). The minimum atomic E-state index is -0.970. The largest absolute Gasteiger partial charge is 0.491 e. The van der Waals surface area contributed by atoms with Crippen molar-refractivity contribution in [2.45, 2.75) is 45.3 Å². The fourth-order valence-electron chi connectivity index (χ4n) is 1.98. The zero-order valence-electron chi connectivity index (χ0n) is 12.1. The summed E-state index contributed by atoms with van der Waals surface area (Å²) < 4.78 is 5.80. The summed E-state index contributed by atoms with van der Waals surface area (Å²) >= 11 is 0. The van der Waals surface area contributed by atoms with Gasteiger partial charge in [-0.15, -0.1) is 0 Å². The number of ether oxygens (including phenoxy) is 1. The maximum absolute atomic E-state index is 11.2. The predicted molar refractivity (Wildman–Crippen MR) is 75.6 cm³/mol. The van der Waals surface area contributed by atoms with E-state index in [9.17, 15) is 9.90 Å². The van der Waals surface area contributed by atoms with E-state index in [-0.39, 0.29) is 6.10 Å². The van der Waals surface area contributed by atoms with Crippen molar-refractivity contribution in [2.75, 3.05) is 7.05 Å². The van der Waals surface area contributed by atoms with Gasteiger partial charge >= 0.3 is 5.97 Å². The van der Waals surface area contributed by atoms with Gasteiger partial charge in [0.05, 0.1) is 6.10 Å². The second-order valence-corrected chi connectivity index (χ2v) is 5.02. The lowest BCUT2D eigenvalue weighted by Crippen LogP contribution is -2.50. The minimum Gasteiger partial charge on any atom is -0.491 e. The summed E-state index contributed by atoms with van der Waals surface area (Å²) in [4.78, 5) is 11.2. The van der Waals surface area contributed by atoms with Gasteiger partial charge in [0.1, 0.15) is 11.3 Å². The Bertz CT molecular complexity index is 433. The minimum absolute atomic E-state index is 0.180. The smallest absolute Gasteiger partial charge is 0.323 e. The average Bonchev–Trinajstić information content (AvgIpc) is 2.38. The Hall–Kier alpha value is -1.55. The quantitative estimate of drug-likeness (QED) is 0.795. The van der Waals surface area contributed by atoms with Crippen LogP contribution >= 0.6 is 0 Å². The highest BCUT2D eigenvalue weighted by atomic mass is 16.5. The topological polar surface area (TPSA) is 58.6 Å². The number of carboxylic acids is 1. The first-order valence-corrected chi connectivity index (χ1v) is 6.59. The molecule has 2 N–H and O–H groups in total. The standard InChI is InChI=1S/C15H23NO3/c1-5-12-7-6-8-13(9-12)19-11(2)10-15(3,16-4)14(17)18/h6-9,11,16H,5,10H2,1-4H3,(H,17,18). The second kappa shape index (κ2) is 6.57. The van der Waals surface area contributed by atoms with Gasteiger partial charge in [0.25, 0.3) is 0 Å². The number of rotatable bonds is 7. The number of aliphatic carboxylic acids is 1. The van der Waals surface area contributed by atoms with Gasteiger partial charge in [-0.2, -0.15) is 0 Å². The number of benzene rings is 1. The second-order valence-electron chi connectivity index (χ2n) is 5.02. The number of carbonyl (C=O) groups is 1. The molecule has 0 aromatic heterocycles. The Balaban J connectivity index is 2.69. The molecule has 0 saturated heterocycles. The number of likely N-dealkylation sites (N-methyl/N-ethyl adjacent to an activating group) is 1. The van der Waals surface area contributed by atoms with Gasteiger partial charge in [0, 0.05) is 6.42 Å². The molecule has 19 heavy (non-hydrogen) atoms. The number of hydrogen-bond donors (Lipinski definition) is 2. The van der Waals surface area contributed by atoms with Crippen LogP contribution in [-0.4, -0.2) is 29.8 Å². The van der Waals surface area contributed by atoms with Gasteiger partial charge < -0.3 is 15.2 Å². The first kappa shape index (κ1) is 15.5. The van der Waals surface area contributed by atoms with E-state index < -0.39 is 11.5 Å². The van der Waals surface area contributed by atoms with Crippen molar-refractivity contribution in [3.05, 3.63) is 29.8 Å². The van der Waals surface area contributed by atoms with Crippen LogP contribution < -0.4 is 10.1 Å². The van der Waals surface area contributed by atoms with Gasteiger partial charge in [-0.1, -0.05) is 19.1 Å². The SMILES string of the molecule is CCc1cccc(OC(C)CC(C)(NC)C(=O)O)c1. The molecule has 0 radical (unpaired) electrons. The van der Waals surface area contributed by atoms with Crippen LogP contribution in [0, 0.1) is 0 Å². The molecule has 0 amide bonds. The van der Waals surface area contributed by atoms with Gasteiger partial charge in [0.15, 0.2) is 0 Å². The average molecular weight is 265 g/mol. The maximum atomic E-state index is 11.2. The molecule has 2 atom stereocenters. The van der Waals surface area contributed by atoms with Crippen LogP contribution in [0.2, 0.25) is 0 Å². The van der Waals surface area contributed by atoms with Crippen molar-refractivity contribution in [3.63, 3.8) is 0 Å². The lowest BCUT2D eigenvalue weighted by Gasteiger charge is -2.27. The summed E-state index contributed by atoms with van der Waals surface area (Å²) in [6.07, 6.45) is 1.17. The van der Waals surface area contributed by atoms with Gasteiger partial charge in [-0.25, -0.2) is 0 Å². The third-order valence-electron chi connectivity index (χ3n) is 3.36. The molecule has 0 heterocycles. The Morgan fingerprint density at radius 1 is 1.53 bits per heavy atom. The summed E-state index contributed by atoms with van der Waals surface area (Å²) in [5, 5.41) is 12.0. The van der Waals surface area contributed by atoms with Crippen LogP contribution in [0.5, 0.6) is 5.75 Å². The van der Waals surface area contributed by atoms with Gasteiger partial charge in [-0.05, 0) is 45.0 Å². The molecule has 106 valence electrons. The van der Waals surface area contributed by atoms with E-state index >= 15 is 0 Å². The number of aryl methyl sites for hydroxylation is 1. The van der Waals surface area contributed by atoms with Crippen LogP contribution in [0.15, 0.2) is 24.3 Å². The highest BCUT2D eigenvalue weighted by Crippen LogP contribution is 2.20. The molecule has 0 bridgehead atoms. The molecule has 0 aliphatic rings. The van der Waals surface area contributed by atoms with E-state index in [1.165, 1.54) is 5.56 Å². The molecular formula is C15H23NO3. The highest BCUT2D eigenvalue weighted by Gasteiger charge is 2.33.